The summed E-state index contributed by atoms with van der Waals surface area (Å²) in [7, 11) is 0. The van der Waals surface area contributed by atoms with E-state index >= 15 is 0 Å². The third-order valence-electron chi connectivity index (χ3n) is 4.06. The first-order chi connectivity index (χ1) is 9.40. The largest absolute Gasteiger partial charge is 0.488 e. The second kappa shape index (κ2) is 4.38. The van der Waals surface area contributed by atoms with Crippen LogP contribution in [0.3, 0.4) is 0 Å². The van der Waals surface area contributed by atoms with Crippen LogP contribution in [0.5, 0.6) is 5.75 Å². The molecule has 1 aromatic heterocycles. The van der Waals surface area contributed by atoms with Crippen LogP contribution in [0.25, 0.3) is 0 Å². The Morgan fingerprint density at radius 1 is 1.32 bits per heavy atom. The quantitative estimate of drug-likeness (QED) is 0.905. The number of nitrogens with zero attached hydrogens (tertiary/aromatic N) is 2. The van der Waals surface area contributed by atoms with Gasteiger partial charge in [-0.15, -0.1) is 0 Å². The molecule has 1 fully saturated rings. The van der Waals surface area contributed by atoms with Crippen LogP contribution in [-0.2, 0) is 13.0 Å². The number of rotatable bonds is 3. The van der Waals surface area contributed by atoms with E-state index in [0.29, 0.717) is 5.92 Å². The fourth-order valence-electron chi connectivity index (χ4n) is 2.90. The van der Waals surface area contributed by atoms with Crippen LogP contribution in [0.2, 0.25) is 0 Å². The Balaban J connectivity index is 1.50. The third kappa shape index (κ3) is 1.92. The fraction of sp³-hybridized carbons (Fsp3) is 0.400. The number of fused-ring (bicyclic) bond motifs is 1. The van der Waals surface area contributed by atoms with Crippen molar-refractivity contribution in [2.75, 3.05) is 13.1 Å². The van der Waals surface area contributed by atoms with Crippen molar-refractivity contribution in [3.8, 4) is 5.75 Å². The Kier molecular flexibility index (Phi) is 2.55. The van der Waals surface area contributed by atoms with Crippen LogP contribution in [0.4, 0.5) is 0 Å². The van der Waals surface area contributed by atoms with Crippen molar-refractivity contribution >= 4 is 0 Å². The van der Waals surface area contributed by atoms with Crippen LogP contribution in [0, 0.1) is 0 Å². The maximum Gasteiger partial charge on any atom is 0.123 e. The zero-order valence-electron chi connectivity index (χ0n) is 10.7. The molecular formula is C15H17N3O. The highest BCUT2D eigenvalue weighted by Crippen LogP contribution is 2.29. The van der Waals surface area contributed by atoms with Crippen molar-refractivity contribution in [1.82, 2.24) is 14.9 Å². The first kappa shape index (κ1) is 11.1. The molecule has 0 radical (unpaired) electrons. The van der Waals surface area contributed by atoms with Crippen LogP contribution in [-0.4, -0.2) is 28.7 Å². The summed E-state index contributed by atoms with van der Waals surface area (Å²) >= 11 is 0. The maximum atomic E-state index is 6.00. The molecule has 0 aliphatic carbocycles. The molecule has 0 bridgehead atoms. The van der Waals surface area contributed by atoms with E-state index in [9.17, 15) is 0 Å². The molecule has 4 rings (SSSR count). The number of hydrogen-bond donors (Lipinski definition) is 1. The number of nitrogens with one attached hydrogen (secondary N) is 1. The van der Waals surface area contributed by atoms with Gasteiger partial charge in [0.05, 0.1) is 12.9 Å². The number of aromatic nitrogens is 2. The van der Waals surface area contributed by atoms with Crippen LogP contribution < -0.4 is 10.1 Å². The maximum absolute atomic E-state index is 6.00. The molecule has 1 saturated heterocycles. The summed E-state index contributed by atoms with van der Waals surface area (Å²) in [5.41, 5.74) is 2.65. The number of para-hydroxylation sites is 1. The van der Waals surface area contributed by atoms with Crippen molar-refractivity contribution in [3.05, 3.63) is 48.0 Å². The van der Waals surface area contributed by atoms with Gasteiger partial charge in [0.15, 0.2) is 0 Å². The minimum atomic E-state index is 0.235. The predicted octanol–water partition coefficient (Wildman–Crippen LogP) is 1.57. The van der Waals surface area contributed by atoms with E-state index in [-0.39, 0.29) is 6.10 Å². The molecule has 2 aliphatic rings. The zero-order chi connectivity index (χ0) is 12.7. The molecule has 0 saturated carbocycles. The minimum absolute atomic E-state index is 0.235. The summed E-state index contributed by atoms with van der Waals surface area (Å²) in [6, 6.07) is 8.32. The van der Waals surface area contributed by atoms with Crippen molar-refractivity contribution in [2.45, 2.75) is 25.0 Å². The van der Waals surface area contributed by atoms with Crippen LogP contribution in [0.15, 0.2) is 36.8 Å². The smallest absolute Gasteiger partial charge is 0.123 e. The fourth-order valence-corrected chi connectivity index (χ4v) is 2.90. The lowest BCUT2D eigenvalue weighted by Crippen LogP contribution is -2.41. The lowest BCUT2D eigenvalue weighted by Gasteiger charge is -2.28. The van der Waals surface area contributed by atoms with Crippen molar-refractivity contribution in [2.24, 2.45) is 0 Å². The third-order valence-corrected chi connectivity index (χ3v) is 4.06. The molecule has 4 heteroatoms. The van der Waals surface area contributed by atoms with Gasteiger partial charge in [0.1, 0.15) is 11.9 Å². The molecule has 1 aromatic carbocycles. The Morgan fingerprint density at radius 2 is 2.21 bits per heavy atom. The Morgan fingerprint density at radius 3 is 3.00 bits per heavy atom. The number of hydrogen-bond acceptors (Lipinski definition) is 3. The number of imidazole rings is 1. The van der Waals surface area contributed by atoms with Gasteiger partial charge in [-0.25, -0.2) is 4.98 Å². The van der Waals surface area contributed by atoms with Crippen molar-refractivity contribution in [1.29, 1.82) is 0 Å². The monoisotopic (exact) mass is 255 g/mol. The Bertz CT molecular complexity index is 564. The topological polar surface area (TPSA) is 39.1 Å². The second-order valence-corrected chi connectivity index (χ2v) is 5.38. The Hall–Kier alpha value is -1.81. The lowest BCUT2D eigenvalue weighted by molar-refractivity contribution is 0.206. The molecule has 0 spiro atoms. The molecule has 1 atom stereocenters. The molecule has 3 heterocycles. The predicted molar refractivity (Wildman–Crippen MR) is 72.4 cm³/mol. The van der Waals surface area contributed by atoms with E-state index in [2.05, 4.69) is 33.1 Å². The molecule has 2 aliphatic heterocycles. The van der Waals surface area contributed by atoms with Crippen molar-refractivity contribution in [3.63, 3.8) is 0 Å². The Labute approximate surface area is 112 Å². The van der Waals surface area contributed by atoms with E-state index < -0.39 is 0 Å². The van der Waals surface area contributed by atoms with E-state index in [1.54, 1.807) is 0 Å². The molecule has 4 nitrogen and oxygen atoms in total. The van der Waals surface area contributed by atoms with Gasteiger partial charge < -0.3 is 14.6 Å². The normalized spacial score (nSPS) is 21.8. The average Bonchev–Trinajstić information content (AvgIpc) is 2.94. The van der Waals surface area contributed by atoms with Gasteiger partial charge in [-0.05, 0) is 11.6 Å². The van der Waals surface area contributed by atoms with Gasteiger partial charge >= 0.3 is 0 Å². The van der Waals surface area contributed by atoms with Gasteiger partial charge in [-0.3, -0.25) is 0 Å². The van der Waals surface area contributed by atoms with Gasteiger partial charge in [-0.1, -0.05) is 18.2 Å². The highest BCUT2D eigenvalue weighted by Gasteiger charge is 2.26. The molecular weight excluding hydrogens is 238 g/mol. The van der Waals surface area contributed by atoms with Gasteiger partial charge in [0.25, 0.3) is 0 Å². The summed E-state index contributed by atoms with van der Waals surface area (Å²) in [6.07, 6.45) is 5.16. The average molecular weight is 255 g/mol. The minimum Gasteiger partial charge on any atom is -0.488 e. The molecule has 19 heavy (non-hydrogen) atoms. The zero-order valence-corrected chi connectivity index (χ0v) is 10.7. The van der Waals surface area contributed by atoms with Gasteiger partial charge in [0, 0.05) is 37.3 Å². The molecule has 98 valence electrons. The lowest BCUT2D eigenvalue weighted by atomic mass is 10.00. The molecule has 0 amide bonds. The van der Waals surface area contributed by atoms with Crippen LogP contribution in [0.1, 0.15) is 17.2 Å². The van der Waals surface area contributed by atoms with E-state index in [0.717, 1.165) is 31.8 Å². The number of ether oxygens (including phenoxy) is 1. The SMILES string of the molecule is c1ccc2c(c1)CC(Cn1cncc1C1CNC1)O2. The van der Waals surface area contributed by atoms with Crippen LogP contribution >= 0.6 is 0 Å². The van der Waals surface area contributed by atoms with E-state index in [1.807, 2.05) is 18.6 Å². The summed E-state index contributed by atoms with van der Waals surface area (Å²) < 4.78 is 8.25. The molecule has 1 N–H and O–H groups in total. The highest BCUT2D eigenvalue weighted by molar-refractivity contribution is 5.37. The first-order valence-corrected chi connectivity index (χ1v) is 6.85. The summed E-state index contributed by atoms with van der Waals surface area (Å²) in [4.78, 5) is 4.30. The van der Waals surface area contributed by atoms with Gasteiger partial charge in [0.2, 0.25) is 0 Å². The van der Waals surface area contributed by atoms with Crippen molar-refractivity contribution < 1.29 is 4.74 Å². The highest BCUT2D eigenvalue weighted by atomic mass is 16.5. The summed E-state index contributed by atoms with van der Waals surface area (Å²) in [6.45, 7) is 3.02. The summed E-state index contributed by atoms with van der Waals surface area (Å²) in [5.74, 6) is 1.66. The van der Waals surface area contributed by atoms with E-state index in [1.165, 1.54) is 11.3 Å². The second-order valence-electron chi connectivity index (χ2n) is 5.38. The molecule has 2 aromatic rings. The van der Waals surface area contributed by atoms with E-state index in [4.69, 9.17) is 4.74 Å². The molecule has 1 unspecified atom stereocenters. The summed E-state index contributed by atoms with van der Waals surface area (Å²) in [5, 5.41) is 3.31. The standard InChI is InChI=1S/C15H17N3O/c1-2-4-15-11(3-1)5-13(19-15)9-18-10-17-8-14(18)12-6-16-7-12/h1-4,8,10,12-13,16H,5-7,9H2. The number of benzene rings is 1. The van der Waals surface area contributed by atoms with Gasteiger partial charge in [-0.2, -0.15) is 0 Å². The first-order valence-electron chi connectivity index (χ1n) is 6.85.